The Morgan fingerprint density at radius 3 is 2.59 bits per heavy atom. The number of carboxylic acids is 1. The highest BCUT2D eigenvalue weighted by Gasteiger charge is 2.38. The summed E-state index contributed by atoms with van der Waals surface area (Å²) in [4.78, 5) is 17.6. The Labute approximate surface area is 127 Å². The molecule has 116 valence electrons. The number of nitrogens with zero attached hydrogens (tertiary/aromatic N) is 2. The minimum Gasteiger partial charge on any atom is -0.478 e. The smallest absolute Gasteiger partial charge is 0.434 e. The van der Waals surface area contributed by atoms with E-state index in [2.05, 4.69) is 15.3 Å². The number of hydrogen-bond donors (Lipinski definition) is 2. The van der Waals surface area contributed by atoms with Crippen LogP contribution >= 0.6 is 11.6 Å². The van der Waals surface area contributed by atoms with Gasteiger partial charge in [0.1, 0.15) is 5.56 Å². The number of aryl methyl sites for hydroxylation is 1. The molecule has 0 unspecified atom stereocenters. The number of halogens is 4. The van der Waals surface area contributed by atoms with E-state index in [-0.39, 0.29) is 5.95 Å². The maximum atomic E-state index is 12.8. The fourth-order valence-electron chi connectivity index (χ4n) is 1.67. The lowest BCUT2D eigenvalue weighted by atomic mass is 10.2. The highest BCUT2D eigenvalue weighted by Crippen LogP contribution is 2.31. The molecule has 0 radical (unpaired) electrons. The zero-order chi connectivity index (χ0) is 16.5. The molecule has 0 amide bonds. The first kappa shape index (κ1) is 16.0. The molecule has 5 nitrogen and oxygen atoms in total. The highest BCUT2D eigenvalue weighted by atomic mass is 35.5. The second-order valence-electron chi connectivity index (χ2n) is 4.35. The van der Waals surface area contributed by atoms with Crippen LogP contribution in [-0.4, -0.2) is 21.0 Å². The maximum Gasteiger partial charge on any atom is 0.434 e. The minimum absolute atomic E-state index is 0.362. The van der Waals surface area contributed by atoms with Crippen LogP contribution in [0, 0.1) is 6.92 Å². The van der Waals surface area contributed by atoms with E-state index in [0.717, 1.165) is 0 Å². The lowest BCUT2D eigenvalue weighted by molar-refractivity contribution is -0.141. The summed E-state index contributed by atoms with van der Waals surface area (Å²) < 4.78 is 38.5. The van der Waals surface area contributed by atoms with Crippen LogP contribution in [0.2, 0.25) is 5.02 Å². The fraction of sp³-hybridized carbons (Fsp3) is 0.154. The number of hydrogen-bond acceptors (Lipinski definition) is 4. The average Bonchev–Trinajstić information content (AvgIpc) is 2.41. The van der Waals surface area contributed by atoms with Crippen molar-refractivity contribution >= 4 is 29.2 Å². The first-order valence-electron chi connectivity index (χ1n) is 5.89. The molecule has 2 rings (SSSR count). The van der Waals surface area contributed by atoms with Gasteiger partial charge in [-0.05, 0) is 30.7 Å². The van der Waals surface area contributed by atoms with Crippen molar-refractivity contribution in [3.63, 3.8) is 0 Å². The Balaban J connectivity index is 2.40. The molecule has 22 heavy (non-hydrogen) atoms. The number of anilines is 2. The Kier molecular flexibility index (Phi) is 4.23. The van der Waals surface area contributed by atoms with Crippen LogP contribution in [0.15, 0.2) is 24.4 Å². The van der Waals surface area contributed by atoms with E-state index < -0.39 is 23.4 Å². The van der Waals surface area contributed by atoms with Crippen LogP contribution in [0.5, 0.6) is 0 Å². The largest absolute Gasteiger partial charge is 0.478 e. The summed E-state index contributed by atoms with van der Waals surface area (Å²) >= 11 is 5.85. The molecule has 2 N–H and O–H groups in total. The van der Waals surface area contributed by atoms with Gasteiger partial charge in [-0.3, -0.25) is 0 Å². The maximum absolute atomic E-state index is 12.8. The molecule has 0 saturated heterocycles. The Bertz CT molecular complexity index is 735. The van der Waals surface area contributed by atoms with Crippen LogP contribution in [0.25, 0.3) is 0 Å². The van der Waals surface area contributed by atoms with Gasteiger partial charge in [0.15, 0.2) is 5.69 Å². The Hall–Kier alpha value is -2.35. The minimum atomic E-state index is -4.90. The number of aromatic carboxylic acids is 1. The van der Waals surface area contributed by atoms with Crippen molar-refractivity contribution in [2.45, 2.75) is 13.1 Å². The van der Waals surface area contributed by atoms with Gasteiger partial charge in [-0.2, -0.15) is 13.2 Å². The van der Waals surface area contributed by atoms with Gasteiger partial charge in [0.25, 0.3) is 0 Å². The molecule has 1 aromatic heterocycles. The molecule has 2 aromatic rings. The Morgan fingerprint density at radius 2 is 2.05 bits per heavy atom. The summed E-state index contributed by atoms with van der Waals surface area (Å²) in [5.74, 6) is -2.11. The van der Waals surface area contributed by atoms with Gasteiger partial charge in [0.05, 0.1) is 0 Å². The van der Waals surface area contributed by atoms with E-state index in [9.17, 15) is 18.0 Å². The highest BCUT2D eigenvalue weighted by molar-refractivity contribution is 6.31. The van der Waals surface area contributed by atoms with Gasteiger partial charge in [-0.25, -0.2) is 14.8 Å². The molecule has 0 aliphatic heterocycles. The van der Waals surface area contributed by atoms with E-state index in [0.29, 0.717) is 22.5 Å². The number of carboxylic acid groups (broad SMARTS) is 1. The number of nitrogens with one attached hydrogen (secondary N) is 1. The van der Waals surface area contributed by atoms with Gasteiger partial charge >= 0.3 is 12.1 Å². The molecule has 1 heterocycles. The van der Waals surface area contributed by atoms with Gasteiger partial charge < -0.3 is 10.4 Å². The molecule has 1 aromatic carbocycles. The SMILES string of the molecule is Cc1cc(Nc2ncc(C(=O)O)c(C(F)(F)F)n2)ccc1Cl. The van der Waals surface area contributed by atoms with E-state index in [4.69, 9.17) is 16.7 Å². The summed E-state index contributed by atoms with van der Waals surface area (Å²) in [6.45, 7) is 1.73. The molecule has 0 spiro atoms. The summed E-state index contributed by atoms with van der Waals surface area (Å²) in [6.07, 6.45) is -4.29. The predicted molar refractivity (Wildman–Crippen MR) is 73.5 cm³/mol. The molecule has 9 heteroatoms. The predicted octanol–water partition coefficient (Wildman–Crippen LogP) is 3.90. The third-order valence-electron chi connectivity index (χ3n) is 2.70. The molecule has 0 aliphatic rings. The van der Waals surface area contributed by atoms with E-state index in [1.807, 2.05) is 0 Å². The quantitative estimate of drug-likeness (QED) is 0.892. The molecule has 0 aliphatic carbocycles. The van der Waals surface area contributed by atoms with Crippen molar-refractivity contribution in [3.8, 4) is 0 Å². The van der Waals surface area contributed by atoms with Gasteiger partial charge in [0.2, 0.25) is 5.95 Å². The summed E-state index contributed by atoms with van der Waals surface area (Å²) in [7, 11) is 0. The third kappa shape index (κ3) is 3.45. The van der Waals surface area contributed by atoms with Crippen molar-refractivity contribution < 1.29 is 23.1 Å². The van der Waals surface area contributed by atoms with Crippen molar-refractivity contribution in [1.82, 2.24) is 9.97 Å². The molecular formula is C13H9ClF3N3O2. The van der Waals surface area contributed by atoms with Gasteiger partial charge in [-0.1, -0.05) is 11.6 Å². The van der Waals surface area contributed by atoms with Crippen LogP contribution in [0.4, 0.5) is 24.8 Å². The van der Waals surface area contributed by atoms with Crippen LogP contribution in [-0.2, 0) is 6.18 Å². The lowest BCUT2D eigenvalue weighted by Gasteiger charge is -2.11. The fourth-order valence-corrected chi connectivity index (χ4v) is 1.78. The number of aromatic nitrogens is 2. The van der Waals surface area contributed by atoms with Crippen molar-refractivity contribution in [1.29, 1.82) is 0 Å². The molecule has 0 fully saturated rings. The van der Waals surface area contributed by atoms with Crippen molar-refractivity contribution in [2.75, 3.05) is 5.32 Å². The second-order valence-corrected chi connectivity index (χ2v) is 4.75. The van der Waals surface area contributed by atoms with Crippen molar-refractivity contribution in [2.24, 2.45) is 0 Å². The zero-order valence-electron chi connectivity index (χ0n) is 11.1. The van der Waals surface area contributed by atoms with E-state index in [1.165, 1.54) is 6.07 Å². The molecule has 0 saturated carbocycles. The molecule has 0 bridgehead atoms. The summed E-state index contributed by atoms with van der Waals surface area (Å²) in [6, 6.07) is 4.70. The molecular weight excluding hydrogens is 323 g/mol. The third-order valence-corrected chi connectivity index (χ3v) is 3.13. The normalized spacial score (nSPS) is 11.3. The number of alkyl halides is 3. The topological polar surface area (TPSA) is 75.1 Å². The molecule has 0 atom stereocenters. The number of carbonyl (C=O) groups is 1. The van der Waals surface area contributed by atoms with Crippen molar-refractivity contribution in [3.05, 3.63) is 46.2 Å². The van der Waals surface area contributed by atoms with Gasteiger partial charge in [-0.15, -0.1) is 0 Å². The number of benzene rings is 1. The Morgan fingerprint density at radius 1 is 1.36 bits per heavy atom. The first-order chi connectivity index (χ1) is 10.2. The first-order valence-corrected chi connectivity index (χ1v) is 6.27. The van der Waals surface area contributed by atoms with Crippen LogP contribution in [0.3, 0.4) is 0 Å². The number of rotatable bonds is 3. The monoisotopic (exact) mass is 331 g/mol. The van der Waals surface area contributed by atoms with Crippen LogP contribution < -0.4 is 5.32 Å². The summed E-state index contributed by atoms with van der Waals surface area (Å²) in [5.41, 5.74) is -1.38. The standard InChI is InChI=1S/C13H9ClF3N3O2/c1-6-4-7(2-3-9(6)14)19-12-18-5-8(11(21)22)10(20-12)13(15,16)17/h2-5H,1H3,(H,21,22)(H,18,19,20). The van der Waals surface area contributed by atoms with Gasteiger partial charge in [0, 0.05) is 16.9 Å². The lowest BCUT2D eigenvalue weighted by Crippen LogP contribution is -2.17. The second kappa shape index (κ2) is 5.80. The van der Waals surface area contributed by atoms with Crippen LogP contribution in [0.1, 0.15) is 21.6 Å². The average molecular weight is 332 g/mol. The summed E-state index contributed by atoms with van der Waals surface area (Å²) in [5, 5.41) is 11.8. The zero-order valence-corrected chi connectivity index (χ0v) is 11.8. The van der Waals surface area contributed by atoms with E-state index >= 15 is 0 Å². The van der Waals surface area contributed by atoms with E-state index in [1.54, 1.807) is 19.1 Å².